The molecule has 6 atom stereocenters. The van der Waals surface area contributed by atoms with Crippen molar-refractivity contribution in [2.75, 3.05) is 7.11 Å². The van der Waals surface area contributed by atoms with E-state index in [9.17, 15) is 9.59 Å². The molecule has 152 valence electrons. The first kappa shape index (κ1) is 18.8. The van der Waals surface area contributed by atoms with Gasteiger partial charge in [-0.3, -0.25) is 9.59 Å². The number of carbonyl (C=O) groups excluding carboxylic acids is 2. The number of ether oxygens (including phenoxy) is 1. The Hall–Kier alpha value is -2.16. The molecule has 3 heteroatoms. The van der Waals surface area contributed by atoms with Crippen LogP contribution in [0.25, 0.3) is 0 Å². The van der Waals surface area contributed by atoms with Gasteiger partial charge in [-0.25, -0.2) is 0 Å². The summed E-state index contributed by atoms with van der Waals surface area (Å²) in [6, 6.07) is 8.23. The van der Waals surface area contributed by atoms with E-state index in [1.165, 1.54) is 0 Å². The Labute approximate surface area is 173 Å². The van der Waals surface area contributed by atoms with Crippen molar-refractivity contribution in [3.63, 3.8) is 0 Å². The molecule has 3 saturated carbocycles. The van der Waals surface area contributed by atoms with Crippen LogP contribution in [-0.4, -0.2) is 18.7 Å². The number of rotatable bonds is 4. The monoisotopic (exact) mass is 390 g/mol. The third-order valence-corrected chi connectivity index (χ3v) is 9.00. The van der Waals surface area contributed by atoms with Crippen LogP contribution in [0.5, 0.6) is 5.75 Å². The number of allylic oxidation sites excluding steroid dienone is 3. The summed E-state index contributed by atoms with van der Waals surface area (Å²) in [6.07, 6.45) is 11.8. The van der Waals surface area contributed by atoms with E-state index in [2.05, 4.69) is 37.8 Å². The molecular weight excluding hydrogens is 360 g/mol. The lowest BCUT2D eigenvalue weighted by atomic mass is 9.52. The molecule has 4 aliphatic rings. The molecule has 0 aliphatic heterocycles. The summed E-state index contributed by atoms with van der Waals surface area (Å²) in [5.74, 6) is 0.781. The molecule has 0 radical (unpaired) electrons. The zero-order valence-corrected chi connectivity index (χ0v) is 17.4. The molecular formula is C26H30O3. The second-order valence-corrected chi connectivity index (χ2v) is 9.76. The molecule has 0 unspecified atom stereocenters. The second-order valence-electron chi connectivity index (χ2n) is 9.76. The van der Waals surface area contributed by atoms with Gasteiger partial charge in [0.15, 0.2) is 0 Å². The Balaban J connectivity index is 1.73. The van der Waals surface area contributed by atoms with Crippen molar-refractivity contribution in [2.24, 2.45) is 28.6 Å². The molecule has 0 amide bonds. The predicted octanol–water partition coefficient (Wildman–Crippen LogP) is 5.05. The summed E-state index contributed by atoms with van der Waals surface area (Å²) in [7, 11) is 1.67. The smallest absolute Gasteiger partial charge is 0.141 e. The first-order valence-corrected chi connectivity index (χ1v) is 11.0. The summed E-state index contributed by atoms with van der Waals surface area (Å²) in [6.45, 7) is 6.19. The largest absolute Gasteiger partial charge is 0.497 e. The van der Waals surface area contributed by atoms with Crippen LogP contribution in [0.3, 0.4) is 0 Å². The van der Waals surface area contributed by atoms with Crippen LogP contribution >= 0.6 is 0 Å². The van der Waals surface area contributed by atoms with Crippen molar-refractivity contribution in [3.8, 4) is 5.75 Å². The molecule has 0 saturated heterocycles. The van der Waals surface area contributed by atoms with Crippen molar-refractivity contribution in [2.45, 2.75) is 50.9 Å². The molecule has 0 aromatic heterocycles. The fourth-order valence-corrected chi connectivity index (χ4v) is 7.78. The van der Waals surface area contributed by atoms with Crippen molar-refractivity contribution in [1.29, 1.82) is 0 Å². The first-order valence-electron chi connectivity index (χ1n) is 11.0. The molecule has 1 aromatic carbocycles. The highest BCUT2D eigenvalue weighted by molar-refractivity contribution is 6.01. The summed E-state index contributed by atoms with van der Waals surface area (Å²) >= 11 is 0. The molecule has 3 fully saturated rings. The lowest BCUT2D eigenvalue weighted by Gasteiger charge is -2.50. The van der Waals surface area contributed by atoms with Gasteiger partial charge >= 0.3 is 0 Å². The topological polar surface area (TPSA) is 43.4 Å². The summed E-state index contributed by atoms with van der Waals surface area (Å²) in [5.41, 5.74) is 0.478. The average Bonchev–Trinajstić information content (AvgIpc) is 3.12. The zero-order chi connectivity index (χ0) is 20.4. The number of hydrogen-bond donors (Lipinski definition) is 0. The quantitative estimate of drug-likeness (QED) is 0.676. The van der Waals surface area contributed by atoms with Gasteiger partial charge in [-0.2, -0.15) is 0 Å². The van der Waals surface area contributed by atoms with E-state index < -0.39 is 5.41 Å². The molecule has 0 spiro atoms. The standard InChI is InChI=1S/C26H30O3/c1-4-7-17-16-20(27)21-22(23(17)28)25-13-6-5-12-24(25,2)26(21,15-14-25)18-8-10-19(29-3)11-9-18/h4,8-11,14-15,17,21-22H,1,5-7,12-13,16H2,2-3H3/t17-,21-,22-,24+,25+,26+/m1/s1. The number of methoxy groups -OCH3 is 1. The van der Waals surface area contributed by atoms with Crippen LogP contribution in [0.2, 0.25) is 0 Å². The Kier molecular flexibility index (Phi) is 4.01. The molecule has 2 bridgehead atoms. The molecule has 0 heterocycles. The first-order chi connectivity index (χ1) is 13.9. The minimum absolute atomic E-state index is 0.101. The minimum atomic E-state index is -0.393. The second kappa shape index (κ2) is 6.17. The van der Waals surface area contributed by atoms with E-state index in [0.717, 1.165) is 37.0 Å². The van der Waals surface area contributed by atoms with Gasteiger partial charge in [-0.15, -0.1) is 6.58 Å². The highest BCUT2D eigenvalue weighted by Gasteiger charge is 2.79. The lowest BCUT2D eigenvalue weighted by molar-refractivity contribution is -0.145. The predicted molar refractivity (Wildman–Crippen MR) is 113 cm³/mol. The highest BCUT2D eigenvalue weighted by atomic mass is 16.5. The van der Waals surface area contributed by atoms with Crippen LogP contribution < -0.4 is 4.74 Å². The Morgan fingerprint density at radius 3 is 2.52 bits per heavy atom. The van der Waals surface area contributed by atoms with E-state index in [1.54, 1.807) is 13.2 Å². The third kappa shape index (κ3) is 2.04. The Morgan fingerprint density at radius 1 is 1.10 bits per heavy atom. The van der Waals surface area contributed by atoms with E-state index in [4.69, 9.17) is 4.74 Å². The van der Waals surface area contributed by atoms with Crippen LogP contribution in [0, 0.1) is 28.6 Å². The SMILES string of the molecule is C=CC[C@@H]1CC(=O)[C@@H]2[C@H](C1=O)[C@]13C=C[C@@]2(c2ccc(OC)cc2)[C@@]1(C)CCCC3. The Morgan fingerprint density at radius 2 is 1.83 bits per heavy atom. The van der Waals surface area contributed by atoms with Gasteiger partial charge in [0.1, 0.15) is 17.3 Å². The number of fused-ring (bicyclic) bond motifs is 2. The zero-order valence-electron chi connectivity index (χ0n) is 17.4. The molecule has 5 rings (SSSR count). The maximum atomic E-state index is 13.7. The van der Waals surface area contributed by atoms with Crippen molar-refractivity contribution in [1.82, 2.24) is 0 Å². The maximum Gasteiger partial charge on any atom is 0.141 e. The number of carbonyl (C=O) groups is 2. The Bertz CT molecular complexity index is 912. The van der Waals surface area contributed by atoms with Crippen molar-refractivity contribution in [3.05, 3.63) is 54.6 Å². The fraction of sp³-hybridized carbons (Fsp3) is 0.538. The molecule has 29 heavy (non-hydrogen) atoms. The maximum absolute atomic E-state index is 13.7. The van der Waals surface area contributed by atoms with Crippen LogP contribution in [0.15, 0.2) is 49.1 Å². The molecule has 0 N–H and O–H groups in total. The minimum Gasteiger partial charge on any atom is -0.497 e. The number of hydrogen-bond acceptors (Lipinski definition) is 3. The van der Waals surface area contributed by atoms with Gasteiger partial charge in [0.05, 0.1) is 7.11 Å². The van der Waals surface area contributed by atoms with Gasteiger partial charge in [-0.1, -0.05) is 50.1 Å². The van der Waals surface area contributed by atoms with E-state index in [-0.39, 0.29) is 34.4 Å². The number of benzene rings is 1. The lowest BCUT2D eigenvalue weighted by Crippen LogP contribution is -2.49. The molecule has 3 nitrogen and oxygen atoms in total. The normalized spacial score (nSPS) is 42.5. The van der Waals surface area contributed by atoms with Crippen LogP contribution in [0.1, 0.15) is 51.0 Å². The van der Waals surface area contributed by atoms with Crippen molar-refractivity contribution >= 4 is 11.6 Å². The molecule has 4 aliphatic carbocycles. The number of Topliss-reactive ketones (excluding diaryl/α,β-unsaturated/α-hetero) is 2. The summed E-state index contributed by atoms with van der Waals surface area (Å²) in [5, 5.41) is 0. The highest BCUT2D eigenvalue weighted by Crippen LogP contribution is 2.79. The van der Waals surface area contributed by atoms with E-state index in [1.807, 2.05) is 12.1 Å². The molecule has 1 aromatic rings. The van der Waals surface area contributed by atoms with Crippen LogP contribution in [-0.2, 0) is 15.0 Å². The van der Waals surface area contributed by atoms with Gasteiger partial charge in [0, 0.05) is 35.0 Å². The average molecular weight is 391 g/mol. The number of ketones is 2. The van der Waals surface area contributed by atoms with Crippen LogP contribution in [0.4, 0.5) is 0 Å². The van der Waals surface area contributed by atoms with Gasteiger partial charge < -0.3 is 4.74 Å². The van der Waals surface area contributed by atoms with Gasteiger partial charge in [-0.05, 0) is 42.4 Å². The van der Waals surface area contributed by atoms with Gasteiger partial charge in [0.25, 0.3) is 0 Å². The fourth-order valence-electron chi connectivity index (χ4n) is 7.78. The summed E-state index contributed by atoms with van der Waals surface area (Å²) in [4.78, 5) is 27.4. The van der Waals surface area contributed by atoms with Crippen molar-refractivity contribution < 1.29 is 14.3 Å². The van der Waals surface area contributed by atoms with E-state index in [0.29, 0.717) is 18.6 Å². The third-order valence-electron chi connectivity index (χ3n) is 9.00. The van der Waals surface area contributed by atoms with Gasteiger partial charge in [0.2, 0.25) is 0 Å². The summed E-state index contributed by atoms with van der Waals surface area (Å²) < 4.78 is 5.38. The van der Waals surface area contributed by atoms with E-state index >= 15 is 0 Å².